The third kappa shape index (κ3) is 4.51. The van der Waals surface area contributed by atoms with Crippen LogP contribution in [-0.4, -0.2) is 13.7 Å². The Bertz CT molecular complexity index is 3420. The third-order valence-corrected chi connectivity index (χ3v) is 11.1. The fourth-order valence-electron chi connectivity index (χ4n) is 8.75. The fourth-order valence-corrected chi connectivity index (χ4v) is 8.75. The molecule has 11 rings (SSSR count). The van der Waals surface area contributed by atoms with E-state index in [0.717, 1.165) is 61.0 Å². The maximum absolute atomic E-state index is 10.4. The molecule has 0 bridgehead atoms. The molecular weight excluding hydrogens is 671 g/mol. The molecule has 0 atom stereocenters. The Labute approximate surface area is 316 Å². The molecular formula is C50H29N5. The van der Waals surface area contributed by atoms with Crippen molar-refractivity contribution in [3.05, 3.63) is 187 Å². The molecule has 11 aromatic rings. The molecule has 0 radical (unpaired) electrons. The second-order valence-electron chi connectivity index (χ2n) is 14.0. The van der Waals surface area contributed by atoms with E-state index in [4.69, 9.17) is 0 Å². The van der Waals surface area contributed by atoms with E-state index < -0.39 is 0 Å². The maximum Gasteiger partial charge on any atom is 0.0992 e. The Balaban J connectivity index is 1.17. The van der Waals surface area contributed by atoms with Gasteiger partial charge in [0.05, 0.1) is 62.1 Å². The lowest BCUT2D eigenvalue weighted by atomic mass is 10.00. The molecule has 55 heavy (non-hydrogen) atoms. The zero-order valence-corrected chi connectivity index (χ0v) is 29.5. The van der Waals surface area contributed by atoms with Gasteiger partial charge < -0.3 is 13.7 Å². The van der Waals surface area contributed by atoms with Gasteiger partial charge in [0.15, 0.2) is 0 Å². The van der Waals surface area contributed by atoms with Gasteiger partial charge in [0.25, 0.3) is 0 Å². The van der Waals surface area contributed by atoms with Crippen LogP contribution < -0.4 is 0 Å². The minimum Gasteiger partial charge on any atom is -0.309 e. The number of fused-ring (bicyclic) bond motifs is 9. The van der Waals surface area contributed by atoms with E-state index in [2.05, 4.69) is 159 Å². The van der Waals surface area contributed by atoms with Crippen molar-refractivity contribution in [3.63, 3.8) is 0 Å². The van der Waals surface area contributed by atoms with Crippen LogP contribution in [0.4, 0.5) is 0 Å². The molecule has 5 nitrogen and oxygen atoms in total. The van der Waals surface area contributed by atoms with Crippen LogP contribution in [0.15, 0.2) is 176 Å². The first-order valence-corrected chi connectivity index (χ1v) is 18.3. The van der Waals surface area contributed by atoms with E-state index in [9.17, 15) is 10.5 Å². The number of aromatic nitrogens is 3. The summed E-state index contributed by atoms with van der Waals surface area (Å²) in [5.74, 6) is 0. The zero-order valence-electron chi connectivity index (χ0n) is 29.5. The number of para-hydroxylation sites is 5. The summed E-state index contributed by atoms with van der Waals surface area (Å²) in [6.45, 7) is 0. The number of nitrogens with zero attached hydrogens (tertiary/aromatic N) is 5. The lowest BCUT2D eigenvalue weighted by Gasteiger charge is -2.17. The predicted molar refractivity (Wildman–Crippen MR) is 224 cm³/mol. The van der Waals surface area contributed by atoms with Crippen molar-refractivity contribution in [3.8, 4) is 40.3 Å². The first kappa shape index (κ1) is 30.7. The summed E-state index contributed by atoms with van der Waals surface area (Å²) in [7, 11) is 0. The number of rotatable bonds is 4. The van der Waals surface area contributed by atoms with Crippen LogP contribution in [0.1, 0.15) is 11.1 Å². The van der Waals surface area contributed by atoms with E-state index in [1.807, 2.05) is 42.5 Å². The monoisotopic (exact) mass is 699 g/mol. The minimum atomic E-state index is 0.567. The topological polar surface area (TPSA) is 62.4 Å². The van der Waals surface area contributed by atoms with Gasteiger partial charge in [-0.05, 0) is 84.4 Å². The van der Waals surface area contributed by atoms with Crippen molar-refractivity contribution < 1.29 is 0 Å². The highest BCUT2D eigenvalue weighted by molar-refractivity contribution is 6.13. The fraction of sp³-hybridized carbons (Fsp3) is 0. The largest absolute Gasteiger partial charge is 0.309 e. The molecule has 8 aromatic carbocycles. The number of benzene rings is 8. The highest BCUT2D eigenvalue weighted by atomic mass is 15.0. The molecule has 5 heteroatoms. The first-order valence-electron chi connectivity index (χ1n) is 18.3. The number of hydrogen-bond acceptors (Lipinski definition) is 2. The molecule has 0 amide bonds. The van der Waals surface area contributed by atoms with Gasteiger partial charge >= 0.3 is 0 Å². The van der Waals surface area contributed by atoms with E-state index >= 15 is 0 Å². The molecule has 0 saturated carbocycles. The van der Waals surface area contributed by atoms with Crippen molar-refractivity contribution in [2.24, 2.45) is 0 Å². The molecule has 3 heterocycles. The Morgan fingerprint density at radius 2 is 0.836 bits per heavy atom. The van der Waals surface area contributed by atoms with Crippen LogP contribution in [0.5, 0.6) is 0 Å². The summed E-state index contributed by atoms with van der Waals surface area (Å²) < 4.78 is 6.95. The minimum absolute atomic E-state index is 0.567. The van der Waals surface area contributed by atoms with Gasteiger partial charge in [0.2, 0.25) is 0 Å². The average Bonchev–Trinajstić information content (AvgIpc) is 3.88. The van der Waals surface area contributed by atoms with Gasteiger partial charge in [-0.15, -0.1) is 0 Å². The second kappa shape index (κ2) is 11.8. The van der Waals surface area contributed by atoms with Crippen LogP contribution in [0, 0.1) is 22.7 Å². The quantitative estimate of drug-likeness (QED) is 0.184. The van der Waals surface area contributed by atoms with Crippen molar-refractivity contribution in [1.82, 2.24) is 13.7 Å². The van der Waals surface area contributed by atoms with Gasteiger partial charge in [-0.25, -0.2) is 0 Å². The number of nitriles is 2. The summed E-state index contributed by atoms with van der Waals surface area (Å²) in [6, 6.07) is 66.0. The summed E-state index contributed by atoms with van der Waals surface area (Å²) in [4.78, 5) is 0. The average molecular weight is 700 g/mol. The Morgan fingerprint density at radius 1 is 0.327 bits per heavy atom. The molecule has 0 aliphatic rings. The lowest BCUT2D eigenvalue weighted by molar-refractivity contribution is 1.15. The Hall–Kier alpha value is -7.86. The summed E-state index contributed by atoms with van der Waals surface area (Å²) >= 11 is 0. The molecule has 0 spiro atoms. The summed E-state index contributed by atoms with van der Waals surface area (Å²) in [5.41, 5.74) is 12.7. The van der Waals surface area contributed by atoms with Crippen LogP contribution >= 0.6 is 0 Å². The van der Waals surface area contributed by atoms with Gasteiger partial charge in [0.1, 0.15) is 0 Å². The predicted octanol–water partition coefficient (Wildman–Crippen LogP) is 12.4. The lowest BCUT2D eigenvalue weighted by Crippen LogP contribution is -2.00. The SMILES string of the molecule is N#Cc1cc(-c2ccccc2-n2c3ccccc3c3ccc(-n4c5ccccc5c5ccccc54)cc32)cc(-n2c3ccccc3c3cc(C#N)ccc32)c1. The van der Waals surface area contributed by atoms with Crippen LogP contribution in [0.3, 0.4) is 0 Å². The molecule has 0 saturated heterocycles. The highest BCUT2D eigenvalue weighted by Gasteiger charge is 2.20. The van der Waals surface area contributed by atoms with Crippen molar-refractivity contribution in [2.45, 2.75) is 0 Å². The smallest absolute Gasteiger partial charge is 0.0992 e. The molecule has 0 fully saturated rings. The molecule has 0 aliphatic heterocycles. The van der Waals surface area contributed by atoms with Gasteiger partial charge in [-0.2, -0.15) is 10.5 Å². The van der Waals surface area contributed by atoms with E-state index in [1.54, 1.807) is 0 Å². The van der Waals surface area contributed by atoms with Crippen LogP contribution in [-0.2, 0) is 0 Å². The normalized spacial score (nSPS) is 11.6. The van der Waals surface area contributed by atoms with Gasteiger partial charge in [0, 0.05) is 49.3 Å². The summed E-state index contributed by atoms with van der Waals surface area (Å²) in [5, 5.41) is 27.0. The summed E-state index contributed by atoms with van der Waals surface area (Å²) in [6.07, 6.45) is 0. The van der Waals surface area contributed by atoms with Crippen molar-refractivity contribution >= 4 is 65.4 Å². The van der Waals surface area contributed by atoms with Crippen molar-refractivity contribution in [1.29, 1.82) is 10.5 Å². The van der Waals surface area contributed by atoms with Gasteiger partial charge in [-0.1, -0.05) is 97.1 Å². The molecule has 0 N–H and O–H groups in total. The Kier molecular flexibility index (Phi) is 6.61. The first-order chi connectivity index (χ1) is 27.2. The second-order valence-corrected chi connectivity index (χ2v) is 14.0. The zero-order chi connectivity index (χ0) is 36.6. The van der Waals surface area contributed by atoms with E-state index in [1.165, 1.54) is 32.6 Å². The Morgan fingerprint density at radius 3 is 1.47 bits per heavy atom. The molecule has 254 valence electrons. The molecule has 0 unspecified atom stereocenters. The van der Waals surface area contributed by atoms with E-state index in [0.29, 0.717) is 11.1 Å². The third-order valence-electron chi connectivity index (χ3n) is 11.1. The molecule has 0 aliphatic carbocycles. The van der Waals surface area contributed by atoms with E-state index in [-0.39, 0.29) is 0 Å². The van der Waals surface area contributed by atoms with Crippen molar-refractivity contribution in [2.75, 3.05) is 0 Å². The maximum atomic E-state index is 10.4. The standard InChI is InChI=1S/C50H29N5/c51-30-32-21-24-49-43(27-32)41-15-5-9-19-47(41)54(49)36-26-33(31-52)25-34(28-36)37-11-1-6-16-44(37)55-48-20-10-4-14-40(48)42-23-22-35(29-50(42)55)53-45-17-7-2-12-38(45)39-13-3-8-18-46(39)53/h1-29H. The molecule has 3 aromatic heterocycles. The van der Waals surface area contributed by atoms with Gasteiger partial charge in [-0.3, -0.25) is 0 Å². The number of hydrogen-bond donors (Lipinski definition) is 0. The van der Waals surface area contributed by atoms with Crippen LogP contribution in [0.25, 0.3) is 93.6 Å². The van der Waals surface area contributed by atoms with Crippen LogP contribution in [0.2, 0.25) is 0 Å². The highest BCUT2D eigenvalue weighted by Crippen LogP contribution is 2.40.